The van der Waals surface area contributed by atoms with Crippen LogP contribution in [0.1, 0.15) is 45.1 Å². The number of esters is 1. The van der Waals surface area contributed by atoms with Gasteiger partial charge in [0.25, 0.3) is 0 Å². The van der Waals surface area contributed by atoms with Crippen LogP contribution < -0.4 is 10.5 Å². The number of halogens is 1. The fraction of sp³-hybridized carbons (Fsp3) is 0.636. The summed E-state index contributed by atoms with van der Waals surface area (Å²) in [4.78, 5) is 25.6. The van der Waals surface area contributed by atoms with Gasteiger partial charge < -0.3 is 20.1 Å². The van der Waals surface area contributed by atoms with Crippen molar-refractivity contribution in [1.29, 1.82) is 0 Å². The third-order valence-corrected chi connectivity index (χ3v) is 6.18. The highest BCUT2D eigenvalue weighted by Gasteiger charge is 2.47. The van der Waals surface area contributed by atoms with Crippen molar-refractivity contribution in [3.05, 3.63) is 29.6 Å². The van der Waals surface area contributed by atoms with Gasteiger partial charge in [-0.05, 0) is 69.2 Å². The molecule has 1 saturated heterocycles. The Hall–Kier alpha value is -2.15. The average Bonchev–Trinajstić information content (AvgIpc) is 2.66. The number of nitrogens with zero attached hydrogens (tertiary/aromatic N) is 1. The lowest BCUT2D eigenvalue weighted by Crippen LogP contribution is -2.60. The number of benzene rings is 1. The molecule has 3 rings (SSSR count). The number of nitrogens with two attached hydrogens (primary N) is 1. The molecule has 0 radical (unpaired) electrons. The minimum absolute atomic E-state index is 0.000497. The maximum absolute atomic E-state index is 13.3. The molecule has 29 heavy (non-hydrogen) atoms. The van der Waals surface area contributed by atoms with Gasteiger partial charge in [0, 0.05) is 25.9 Å². The van der Waals surface area contributed by atoms with Crippen molar-refractivity contribution < 1.29 is 23.5 Å². The number of likely N-dealkylation sites (tertiary alicyclic amines) is 1. The lowest BCUT2D eigenvalue weighted by Gasteiger charge is -2.46. The van der Waals surface area contributed by atoms with Gasteiger partial charge >= 0.3 is 5.97 Å². The first-order chi connectivity index (χ1) is 13.7. The molecule has 7 heteroatoms. The molecule has 1 heterocycles. The molecule has 1 amide bonds. The molecule has 0 bridgehead atoms. The van der Waals surface area contributed by atoms with Gasteiger partial charge in [0.05, 0.1) is 11.6 Å². The summed E-state index contributed by atoms with van der Waals surface area (Å²) in [5.41, 5.74) is 6.39. The SMILES string of the molecule is CC(=O)OCC1(N)CC(C(=O)N2CCC(C(C)Oc3ccc(F)cc3C)CC2)C1. The molecule has 2 aliphatic rings. The summed E-state index contributed by atoms with van der Waals surface area (Å²) in [6.45, 7) is 6.82. The number of amides is 1. The number of carbonyl (C=O) groups excluding carboxylic acids is 2. The second kappa shape index (κ2) is 8.69. The molecule has 1 aromatic carbocycles. The van der Waals surface area contributed by atoms with Crippen LogP contribution in [0.5, 0.6) is 5.75 Å². The van der Waals surface area contributed by atoms with E-state index in [9.17, 15) is 14.0 Å². The second-order valence-electron chi connectivity index (χ2n) is 8.64. The van der Waals surface area contributed by atoms with Crippen molar-refractivity contribution in [2.75, 3.05) is 19.7 Å². The van der Waals surface area contributed by atoms with E-state index in [2.05, 4.69) is 0 Å². The topological polar surface area (TPSA) is 81.9 Å². The Morgan fingerprint density at radius 1 is 1.31 bits per heavy atom. The molecule has 0 aromatic heterocycles. The minimum atomic E-state index is -0.570. The molecule has 1 atom stereocenters. The zero-order chi connectivity index (χ0) is 21.2. The smallest absolute Gasteiger partial charge is 0.302 e. The first-order valence-corrected chi connectivity index (χ1v) is 10.3. The first kappa shape index (κ1) is 21.6. The van der Waals surface area contributed by atoms with Crippen LogP contribution in [0.25, 0.3) is 0 Å². The van der Waals surface area contributed by atoms with E-state index in [1.807, 2.05) is 18.7 Å². The van der Waals surface area contributed by atoms with Gasteiger partial charge in [-0.3, -0.25) is 9.59 Å². The van der Waals surface area contributed by atoms with Gasteiger partial charge in [-0.15, -0.1) is 0 Å². The quantitative estimate of drug-likeness (QED) is 0.735. The van der Waals surface area contributed by atoms with E-state index in [-0.39, 0.29) is 36.3 Å². The number of hydrogen-bond donors (Lipinski definition) is 1. The van der Waals surface area contributed by atoms with Crippen molar-refractivity contribution in [2.45, 2.75) is 58.1 Å². The lowest BCUT2D eigenvalue weighted by atomic mass is 9.68. The molecule has 2 N–H and O–H groups in total. The molecule has 1 unspecified atom stereocenters. The van der Waals surface area contributed by atoms with E-state index in [0.717, 1.165) is 18.4 Å². The largest absolute Gasteiger partial charge is 0.490 e. The minimum Gasteiger partial charge on any atom is -0.490 e. The molecular formula is C22H31FN2O4. The third-order valence-electron chi connectivity index (χ3n) is 6.18. The van der Waals surface area contributed by atoms with Crippen molar-refractivity contribution in [2.24, 2.45) is 17.6 Å². The summed E-state index contributed by atoms with van der Waals surface area (Å²) in [7, 11) is 0. The van der Waals surface area contributed by atoms with Crippen molar-refractivity contribution in [3.8, 4) is 5.75 Å². The highest BCUT2D eigenvalue weighted by molar-refractivity contribution is 5.80. The number of piperidine rings is 1. The number of aryl methyl sites for hydroxylation is 1. The van der Waals surface area contributed by atoms with E-state index in [1.54, 1.807) is 6.07 Å². The normalized spacial score (nSPS) is 25.8. The standard InChI is InChI=1S/C22H31FN2O4/c1-14-10-19(23)4-5-20(14)29-15(2)17-6-8-25(9-7-17)21(27)18-11-22(24,12-18)13-28-16(3)26/h4-5,10,15,17-18H,6-9,11-13,24H2,1-3H3. The van der Waals surface area contributed by atoms with E-state index in [4.69, 9.17) is 15.2 Å². The molecule has 6 nitrogen and oxygen atoms in total. The van der Waals surface area contributed by atoms with Crippen LogP contribution >= 0.6 is 0 Å². The Balaban J connectivity index is 1.44. The summed E-state index contributed by atoms with van der Waals surface area (Å²) < 4.78 is 24.3. The van der Waals surface area contributed by atoms with Crippen LogP contribution in [0.3, 0.4) is 0 Å². The fourth-order valence-electron chi connectivity index (χ4n) is 4.35. The van der Waals surface area contributed by atoms with Crippen LogP contribution in [0.15, 0.2) is 18.2 Å². The van der Waals surface area contributed by atoms with Crippen molar-refractivity contribution in [3.63, 3.8) is 0 Å². The molecule has 1 aliphatic heterocycles. The van der Waals surface area contributed by atoms with E-state index in [0.29, 0.717) is 37.6 Å². The Bertz CT molecular complexity index is 755. The molecule has 1 aliphatic carbocycles. The van der Waals surface area contributed by atoms with Crippen LogP contribution in [0, 0.1) is 24.6 Å². The second-order valence-corrected chi connectivity index (χ2v) is 8.64. The number of carbonyl (C=O) groups is 2. The van der Waals surface area contributed by atoms with Crippen LogP contribution in [-0.2, 0) is 14.3 Å². The van der Waals surface area contributed by atoms with Gasteiger partial charge in [0.1, 0.15) is 18.2 Å². The van der Waals surface area contributed by atoms with Crippen LogP contribution in [0.2, 0.25) is 0 Å². The maximum atomic E-state index is 13.3. The summed E-state index contributed by atoms with van der Waals surface area (Å²) in [5.74, 6) is 0.512. The number of hydrogen-bond acceptors (Lipinski definition) is 5. The van der Waals surface area contributed by atoms with E-state index >= 15 is 0 Å². The van der Waals surface area contributed by atoms with Gasteiger partial charge in [-0.1, -0.05) is 0 Å². The van der Waals surface area contributed by atoms with Crippen molar-refractivity contribution >= 4 is 11.9 Å². The summed E-state index contributed by atoms with van der Waals surface area (Å²) in [6.07, 6.45) is 2.87. The monoisotopic (exact) mass is 406 g/mol. The Kier molecular flexibility index (Phi) is 6.46. The lowest BCUT2D eigenvalue weighted by molar-refractivity contribution is -0.149. The highest BCUT2D eigenvalue weighted by atomic mass is 19.1. The van der Waals surface area contributed by atoms with E-state index in [1.165, 1.54) is 19.1 Å². The fourth-order valence-corrected chi connectivity index (χ4v) is 4.35. The van der Waals surface area contributed by atoms with Crippen LogP contribution in [-0.4, -0.2) is 48.1 Å². The number of ether oxygens (including phenoxy) is 2. The highest BCUT2D eigenvalue weighted by Crippen LogP contribution is 2.38. The molecule has 0 spiro atoms. The van der Waals surface area contributed by atoms with Gasteiger partial charge in [-0.25, -0.2) is 4.39 Å². The van der Waals surface area contributed by atoms with Crippen LogP contribution in [0.4, 0.5) is 4.39 Å². The van der Waals surface area contributed by atoms with Gasteiger partial charge in [-0.2, -0.15) is 0 Å². The summed E-state index contributed by atoms with van der Waals surface area (Å²) >= 11 is 0. The number of rotatable bonds is 6. The molecular weight excluding hydrogens is 375 g/mol. The van der Waals surface area contributed by atoms with E-state index < -0.39 is 5.54 Å². The average molecular weight is 406 g/mol. The maximum Gasteiger partial charge on any atom is 0.302 e. The van der Waals surface area contributed by atoms with Gasteiger partial charge in [0.15, 0.2) is 0 Å². The van der Waals surface area contributed by atoms with Crippen molar-refractivity contribution in [1.82, 2.24) is 4.90 Å². The Labute approximate surface area is 171 Å². The Morgan fingerprint density at radius 2 is 1.97 bits per heavy atom. The molecule has 1 saturated carbocycles. The zero-order valence-electron chi connectivity index (χ0n) is 17.4. The molecule has 1 aromatic rings. The predicted octanol–water partition coefficient (Wildman–Crippen LogP) is 2.81. The molecule has 160 valence electrons. The zero-order valence-corrected chi connectivity index (χ0v) is 17.4. The summed E-state index contributed by atoms with van der Waals surface area (Å²) in [5, 5.41) is 0. The first-order valence-electron chi connectivity index (χ1n) is 10.3. The Morgan fingerprint density at radius 3 is 2.55 bits per heavy atom. The van der Waals surface area contributed by atoms with Gasteiger partial charge in [0.2, 0.25) is 5.91 Å². The molecule has 2 fully saturated rings. The third kappa shape index (κ3) is 5.26. The summed E-state index contributed by atoms with van der Waals surface area (Å²) in [6, 6.07) is 4.56. The predicted molar refractivity (Wildman–Crippen MR) is 107 cm³/mol.